The molecule has 10 heteroatoms. The van der Waals surface area contributed by atoms with E-state index in [9.17, 15) is 23.5 Å². The average Bonchev–Trinajstić information content (AvgIpc) is 2.42. The van der Waals surface area contributed by atoms with Gasteiger partial charge in [0.2, 0.25) is 0 Å². The molecule has 0 radical (unpaired) electrons. The van der Waals surface area contributed by atoms with Gasteiger partial charge in [0, 0.05) is 0 Å². The van der Waals surface area contributed by atoms with Crippen molar-refractivity contribution in [3.8, 4) is 0 Å². The standard InChI is InChI=1S/C5H5N4O5P/c10-2-5(15(13)14)1(6-3(11)8-2)7-4(12)9-5/h1H,(H2,7,9,12)(H2,6,8,10,11). The number of fused-ring (bicyclic) bond motifs is 1. The molecule has 0 bridgehead atoms. The van der Waals surface area contributed by atoms with E-state index in [1.807, 2.05) is 5.32 Å². The van der Waals surface area contributed by atoms with Gasteiger partial charge in [0.05, 0.1) is 0 Å². The maximum Gasteiger partial charge on any atom is 0.356 e. The zero-order valence-corrected chi connectivity index (χ0v) is 7.96. The van der Waals surface area contributed by atoms with E-state index in [4.69, 9.17) is 0 Å². The highest BCUT2D eigenvalue weighted by Crippen LogP contribution is 2.33. The summed E-state index contributed by atoms with van der Waals surface area (Å²) in [5.74, 6) is -1.08. The summed E-state index contributed by atoms with van der Waals surface area (Å²) in [5, 5.41) is 5.82. The zero-order chi connectivity index (χ0) is 11.2. The Morgan fingerprint density at radius 3 is 2.27 bits per heavy atom. The third kappa shape index (κ3) is 1.13. The molecular formula is C5H5N4O5P. The summed E-state index contributed by atoms with van der Waals surface area (Å²) in [6, 6.07) is -1.70. The lowest BCUT2D eigenvalue weighted by Gasteiger charge is -2.30. The van der Waals surface area contributed by atoms with Crippen LogP contribution in [-0.2, 0) is 13.9 Å². The summed E-state index contributed by atoms with van der Waals surface area (Å²) >= 11 is 0. The first-order chi connectivity index (χ1) is 6.96. The van der Waals surface area contributed by atoms with Crippen molar-refractivity contribution in [1.82, 2.24) is 21.3 Å². The molecule has 2 rings (SSSR count). The number of urea groups is 2. The van der Waals surface area contributed by atoms with Crippen molar-refractivity contribution in [2.75, 3.05) is 0 Å². The van der Waals surface area contributed by atoms with E-state index in [0.29, 0.717) is 0 Å². The largest absolute Gasteiger partial charge is 0.356 e. The lowest BCUT2D eigenvalue weighted by Crippen LogP contribution is -2.70. The quantitative estimate of drug-likeness (QED) is 0.401. The molecule has 2 aliphatic rings. The summed E-state index contributed by atoms with van der Waals surface area (Å²) in [5.41, 5.74) is 0. The lowest BCUT2D eigenvalue weighted by atomic mass is 10.2. The molecule has 2 heterocycles. The average molecular weight is 232 g/mol. The van der Waals surface area contributed by atoms with Crippen molar-refractivity contribution in [3.63, 3.8) is 0 Å². The third-order valence-electron chi connectivity index (χ3n) is 2.13. The van der Waals surface area contributed by atoms with Crippen LogP contribution in [-0.4, -0.2) is 29.4 Å². The molecule has 2 atom stereocenters. The Morgan fingerprint density at radius 2 is 1.67 bits per heavy atom. The van der Waals surface area contributed by atoms with Crippen molar-refractivity contribution >= 4 is 25.6 Å². The van der Waals surface area contributed by atoms with Gasteiger partial charge >= 0.3 is 19.7 Å². The van der Waals surface area contributed by atoms with Crippen LogP contribution in [0.5, 0.6) is 0 Å². The molecule has 5 amide bonds. The van der Waals surface area contributed by atoms with Crippen molar-refractivity contribution in [1.29, 1.82) is 0 Å². The second-order valence-corrected chi connectivity index (χ2v) is 4.20. The molecule has 0 aliphatic carbocycles. The van der Waals surface area contributed by atoms with Crippen molar-refractivity contribution in [3.05, 3.63) is 0 Å². The van der Waals surface area contributed by atoms with Crippen molar-refractivity contribution < 1.29 is 23.5 Å². The van der Waals surface area contributed by atoms with Crippen LogP contribution in [0.15, 0.2) is 0 Å². The number of carbonyl (C=O) groups excluding carboxylic acids is 3. The van der Waals surface area contributed by atoms with Gasteiger partial charge in [-0.1, -0.05) is 0 Å². The predicted molar refractivity (Wildman–Crippen MR) is 43.2 cm³/mol. The Balaban J connectivity index is 2.50. The molecular weight excluding hydrogens is 227 g/mol. The highest BCUT2D eigenvalue weighted by molar-refractivity contribution is 7.34. The fraction of sp³-hybridized carbons (Fsp3) is 0.400. The number of amides is 5. The van der Waals surface area contributed by atoms with Gasteiger partial charge in [-0.2, -0.15) is 0 Å². The van der Waals surface area contributed by atoms with E-state index in [2.05, 4.69) is 10.6 Å². The fourth-order valence-electron chi connectivity index (χ4n) is 1.44. The molecule has 0 aromatic heterocycles. The molecule has 4 N–H and O–H groups in total. The number of rotatable bonds is 1. The Kier molecular flexibility index (Phi) is 1.80. The second kappa shape index (κ2) is 2.80. The van der Waals surface area contributed by atoms with Gasteiger partial charge in [-0.15, -0.1) is 0 Å². The molecule has 0 aromatic rings. The van der Waals surface area contributed by atoms with Crippen LogP contribution in [0.4, 0.5) is 9.59 Å². The van der Waals surface area contributed by atoms with Gasteiger partial charge in [0.25, 0.3) is 11.2 Å². The minimum atomic E-state index is -3.29. The molecule has 80 valence electrons. The smallest absolute Gasteiger partial charge is 0.314 e. The van der Waals surface area contributed by atoms with Gasteiger partial charge in [-0.05, 0) is 0 Å². The first-order valence-electron chi connectivity index (χ1n) is 3.82. The number of carbonyl (C=O) groups is 3. The minimum absolute atomic E-state index is 0.837. The van der Waals surface area contributed by atoms with Gasteiger partial charge in [-0.3, -0.25) is 10.1 Å². The number of imide groups is 1. The normalized spacial score (nSPS) is 33.3. The molecule has 2 saturated heterocycles. The lowest BCUT2D eigenvalue weighted by molar-refractivity contribution is -0.124. The van der Waals surface area contributed by atoms with Crippen LogP contribution in [0.3, 0.4) is 0 Å². The van der Waals surface area contributed by atoms with E-state index in [0.717, 1.165) is 0 Å². The molecule has 0 saturated carbocycles. The van der Waals surface area contributed by atoms with E-state index in [1.54, 1.807) is 5.32 Å². The summed E-state index contributed by atoms with van der Waals surface area (Å²) in [6.07, 6.45) is -1.28. The first kappa shape index (κ1) is 9.66. The maximum atomic E-state index is 11.4. The van der Waals surface area contributed by atoms with Crippen LogP contribution < -0.4 is 21.3 Å². The monoisotopic (exact) mass is 232 g/mol. The summed E-state index contributed by atoms with van der Waals surface area (Å²) in [4.78, 5) is 33.2. The van der Waals surface area contributed by atoms with E-state index in [1.165, 1.54) is 0 Å². The Labute approximate surface area is 82.8 Å². The van der Waals surface area contributed by atoms with Crippen LogP contribution in [0, 0.1) is 0 Å². The molecule has 0 aromatic carbocycles. The molecule has 15 heavy (non-hydrogen) atoms. The van der Waals surface area contributed by atoms with E-state index < -0.39 is 37.1 Å². The highest BCUT2D eigenvalue weighted by Gasteiger charge is 2.61. The van der Waals surface area contributed by atoms with Gasteiger partial charge in [0.15, 0.2) is 6.17 Å². The Hall–Kier alpha value is -1.89. The highest BCUT2D eigenvalue weighted by atomic mass is 31.1. The maximum absolute atomic E-state index is 11.4. The second-order valence-electron chi connectivity index (χ2n) is 2.98. The van der Waals surface area contributed by atoms with Crippen LogP contribution >= 0.6 is 7.68 Å². The molecule has 9 nitrogen and oxygen atoms in total. The Morgan fingerprint density at radius 1 is 1.07 bits per heavy atom. The van der Waals surface area contributed by atoms with Crippen LogP contribution in [0.25, 0.3) is 0 Å². The first-order valence-corrected chi connectivity index (χ1v) is 4.99. The molecule has 2 unspecified atom stereocenters. The van der Waals surface area contributed by atoms with Crippen molar-refractivity contribution in [2.45, 2.75) is 11.4 Å². The molecule has 2 fully saturated rings. The Bertz CT molecular complexity index is 437. The van der Waals surface area contributed by atoms with Crippen LogP contribution in [0.1, 0.15) is 0 Å². The van der Waals surface area contributed by atoms with Gasteiger partial charge in [-0.25, -0.2) is 18.7 Å². The van der Waals surface area contributed by atoms with Gasteiger partial charge in [0.1, 0.15) is 0 Å². The van der Waals surface area contributed by atoms with E-state index >= 15 is 0 Å². The SMILES string of the molecule is O=C1NC(=O)C2(P(=O)=O)NC(=O)NC2N1. The van der Waals surface area contributed by atoms with Crippen LogP contribution in [0.2, 0.25) is 0 Å². The number of hydrogen-bond donors (Lipinski definition) is 4. The summed E-state index contributed by atoms with van der Waals surface area (Å²) in [7, 11) is -3.29. The van der Waals surface area contributed by atoms with E-state index in [-0.39, 0.29) is 0 Å². The summed E-state index contributed by atoms with van der Waals surface area (Å²) < 4.78 is 22.0. The molecule has 0 spiro atoms. The fourth-order valence-corrected chi connectivity index (χ4v) is 2.20. The topological polar surface area (TPSA) is 133 Å². The van der Waals surface area contributed by atoms with Crippen molar-refractivity contribution in [2.24, 2.45) is 0 Å². The predicted octanol–water partition coefficient (Wildman–Crippen LogP) is -1.67. The zero-order valence-electron chi connectivity index (χ0n) is 7.07. The number of nitrogens with one attached hydrogen (secondary N) is 4. The number of hydrogen-bond acceptors (Lipinski definition) is 5. The third-order valence-corrected chi connectivity index (χ3v) is 3.28. The summed E-state index contributed by atoms with van der Waals surface area (Å²) in [6.45, 7) is 0. The minimum Gasteiger partial charge on any atom is -0.314 e. The van der Waals surface area contributed by atoms with Gasteiger partial charge < -0.3 is 16.0 Å². The molecule has 2 aliphatic heterocycles.